The van der Waals surface area contributed by atoms with Gasteiger partial charge in [-0.25, -0.2) is 0 Å². The van der Waals surface area contributed by atoms with E-state index >= 15 is 0 Å². The molecule has 0 aromatic heterocycles. The zero-order valence-electron chi connectivity index (χ0n) is 8.92. The van der Waals surface area contributed by atoms with Crippen LogP contribution in [0.3, 0.4) is 0 Å². The lowest BCUT2D eigenvalue weighted by atomic mass is 10.1. The SMILES string of the molecule is C=CCNC(=S)Nc1ccccc1CC. The first-order valence-electron chi connectivity index (χ1n) is 5.01. The second-order valence-corrected chi connectivity index (χ2v) is 3.54. The molecule has 0 spiro atoms. The molecule has 0 radical (unpaired) electrons. The molecule has 0 unspecified atom stereocenters. The van der Waals surface area contributed by atoms with Gasteiger partial charge in [0.2, 0.25) is 0 Å². The van der Waals surface area contributed by atoms with E-state index in [9.17, 15) is 0 Å². The van der Waals surface area contributed by atoms with Crippen LogP contribution in [-0.2, 0) is 6.42 Å². The molecule has 0 aliphatic carbocycles. The van der Waals surface area contributed by atoms with Gasteiger partial charge in [-0.1, -0.05) is 31.2 Å². The Hall–Kier alpha value is -1.35. The number of aryl methyl sites for hydroxylation is 1. The molecule has 3 heteroatoms. The molecule has 80 valence electrons. The molecule has 0 aliphatic heterocycles. The van der Waals surface area contributed by atoms with E-state index in [-0.39, 0.29) is 0 Å². The van der Waals surface area contributed by atoms with Gasteiger partial charge >= 0.3 is 0 Å². The lowest BCUT2D eigenvalue weighted by Gasteiger charge is -2.12. The highest BCUT2D eigenvalue weighted by atomic mass is 32.1. The lowest BCUT2D eigenvalue weighted by molar-refractivity contribution is 1.06. The molecule has 0 fully saturated rings. The van der Waals surface area contributed by atoms with Gasteiger partial charge < -0.3 is 10.6 Å². The van der Waals surface area contributed by atoms with Gasteiger partial charge in [-0.3, -0.25) is 0 Å². The minimum atomic E-state index is 0.635. The third kappa shape index (κ3) is 3.72. The molecule has 0 aliphatic rings. The Labute approximate surface area is 96.4 Å². The number of hydrogen-bond donors (Lipinski definition) is 2. The molecule has 0 saturated heterocycles. The van der Waals surface area contributed by atoms with Crippen molar-refractivity contribution in [2.75, 3.05) is 11.9 Å². The number of rotatable bonds is 4. The van der Waals surface area contributed by atoms with Crippen LogP contribution in [0.5, 0.6) is 0 Å². The van der Waals surface area contributed by atoms with Gasteiger partial charge in [0.05, 0.1) is 0 Å². The zero-order chi connectivity index (χ0) is 11.1. The number of nitrogens with one attached hydrogen (secondary N) is 2. The molecule has 0 saturated carbocycles. The van der Waals surface area contributed by atoms with Crippen molar-refractivity contribution in [1.29, 1.82) is 0 Å². The summed E-state index contributed by atoms with van der Waals surface area (Å²) in [5.41, 5.74) is 2.34. The topological polar surface area (TPSA) is 24.1 Å². The second kappa shape index (κ2) is 6.19. The van der Waals surface area contributed by atoms with E-state index in [2.05, 4.69) is 30.2 Å². The molecule has 0 amide bonds. The Bertz CT molecular complexity index is 347. The van der Waals surface area contributed by atoms with Crippen LogP contribution in [0.15, 0.2) is 36.9 Å². The van der Waals surface area contributed by atoms with Gasteiger partial charge in [-0.15, -0.1) is 6.58 Å². The van der Waals surface area contributed by atoms with Gasteiger partial charge in [0.25, 0.3) is 0 Å². The van der Waals surface area contributed by atoms with Gasteiger partial charge in [0, 0.05) is 12.2 Å². The third-order valence-electron chi connectivity index (χ3n) is 2.05. The lowest BCUT2D eigenvalue weighted by Crippen LogP contribution is -2.28. The van der Waals surface area contributed by atoms with E-state index in [1.54, 1.807) is 6.08 Å². The highest BCUT2D eigenvalue weighted by Gasteiger charge is 2.00. The normalized spacial score (nSPS) is 9.40. The Morgan fingerprint density at radius 2 is 2.20 bits per heavy atom. The first-order valence-corrected chi connectivity index (χ1v) is 5.42. The Morgan fingerprint density at radius 3 is 2.87 bits per heavy atom. The van der Waals surface area contributed by atoms with Crippen molar-refractivity contribution < 1.29 is 0 Å². The fraction of sp³-hybridized carbons (Fsp3) is 0.250. The first kappa shape index (κ1) is 11.7. The summed E-state index contributed by atoms with van der Waals surface area (Å²) in [7, 11) is 0. The summed E-state index contributed by atoms with van der Waals surface area (Å²) < 4.78 is 0. The highest BCUT2D eigenvalue weighted by molar-refractivity contribution is 7.80. The predicted octanol–water partition coefficient (Wildman–Crippen LogP) is 2.72. The van der Waals surface area contributed by atoms with Crippen LogP contribution in [0.25, 0.3) is 0 Å². The maximum absolute atomic E-state index is 5.14. The van der Waals surface area contributed by atoms with Crippen LogP contribution >= 0.6 is 12.2 Å². The number of benzene rings is 1. The zero-order valence-corrected chi connectivity index (χ0v) is 9.73. The third-order valence-corrected chi connectivity index (χ3v) is 2.30. The van der Waals surface area contributed by atoms with Gasteiger partial charge in [-0.2, -0.15) is 0 Å². The van der Waals surface area contributed by atoms with Crippen molar-refractivity contribution >= 4 is 23.0 Å². The average Bonchev–Trinajstić information content (AvgIpc) is 2.27. The Balaban J connectivity index is 2.63. The summed E-state index contributed by atoms with van der Waals surface area (Å²) in [6, 6.07) is 8.15. The van der Waals surface area contributed by atoms with Gasteiger partial charge in [-0.05, 0) is 30.3 Å². The quantitative estimate of drug-likeness (QED) is 0.602. The minimum absolute atomic E-state index is 0.635. The second-order valence-electron chi connectivity index (χ2n) is 3.13. The molecule has 15 heavy (non-hydrogen) atoms. The number of anilines is 1. The van der Waals surface area contributed by atoms with E-state index in [1.807, 2.05) is 18.2 Å². The van der Waals surface area contributed by atoms with Crippen LogP contribution < -0.4 is 10.6 Å². The summed E-state index contributed by atoms with van der Waals surface area (Å²) in [5, 5.41) is 6.84. The fourth-order valence-corrected chi connectivity index (χ4v) is 1.48. The molecular weight excluding hydrogens is 204 g/mol. The standard InChI is InChI=1S/C12H16N2S/c1-3-9-13-12(15)14-11-8-6-5-7-10(11)4-2/h3,5-8H,1,4,9H2,2H3,(H2,13,14,15). The highest BCUT2D eigenvalue weighted by Crippen LogP contribution is 2.14. The van der Waals surface area contributed by atoms with E-state index in [4.69, 9.17) is 12.2 Å². The van der Waals surface area contributed by atoms with Crippen LogP contribution in [0.1, 0.15) is 12.5 Å². The monoisotopic (exact) mass is 220 g/mol. The summed E-state index contributed by atoms with van der Waals surface area (Å²) in [6.07, 6.45) is 2.77. The summed E-state index contributed by atoms with van der Waals surface area (Å²) >= 11 is 5.14. The maximum Gasteiger partial charge on any atom is 0.171 e. The van der Waals surface area contributed by atoms with E-state index in [1.165, 1.54) is 5.56 Å². The summed E-state index contributed by atoms with van der Waals surface area (Å²) in [6.45, 7) is 6.43. The first-order chi connectivity index (χ1) is 7.27. The van der Waals surface area contributed by atoms with Crippen LogP contribution in [-0.4, -0.2) is 11.7 Å². The molecule has 0 bridgehead atoms. The van der Waals surface area contributed by atoms with E-state index in [0.29, 0.717) is 11.7 Å². The van der Waals surface area contributed by atoms with E-state index < -0.39 is 0 Å². The largest absolute Gasteiger partial charge is 0.359 e. The predicted molar refractivity (Wildman–Crippen MR) is 70.2 cm³/mol. The molecule has 2 nitrogen and oxygen atoms in total. The molecule has 0 heterocycles. The number of hydrogen-bond acceptors (Lipinski definition) is 1. The summed E-state index contributed by atoms with van der Waals surface area (Å²) in [4.78, 5) is 0. The molecular formula is C12H16N2S. The van der Waals surface area contributed by atoms with Crippen LogP contribution in [0, 0.1) is 0 Å². The van der Waals surface area contributed by atoms with Gasteiger partial charge in [0.1, 0.15) is 0 Å². The van der Waals surface area contributed by atoms with Crippen molar-refractivity contribution in [1.82, 2.24) is 5.32 Å². The van der Waals surface area contributed by atoms with Crippen molar-refractivity contribution in [3.05, 3.63) is 42.5 Å². The van der Waals surface area contributed by atoms with Crippen molar-refractivity contribution in [2.24, 2.45) is 0 Å². The number of thiocarbonyl (C=S) groups is 1. The molecule has 0 atom stereocenters. The van der Waals surface area contributed by atoms with Crippen molar-refractivity contribution in [2.45, 2.75) is 13.3 Å². The van der Waals surface area contributed by atoms with Crippen LogP contribution in [0.4, 0.5) is 5.69 Å². The minimum Gasteiger partial charge on any atom is -0.359 e. The van der Waals surface area contributed by atoms with Gasteiger partial charge in [0.15, 0.2) is 5.11 Å². The fourth-order valence-electron chi connectivity index (χ4n) is 1.28. The van der Waals surface area contributed by atoms with Crippen LogP contribution in [0.2, 0.25) is 0 Å². The number of para-hydroxylation sites is 1. The van der Waals surface area contributed by atoms with Crippen molar-refractivity contribution in [3.8, 4) is 0 Å². The maximum atomic E-state index is 5.14. The van der Waals surface area contributed by atoms with Crippen molar-refractivity contribution in [3.63, 3.8) is 0 Å². The average molecular weight is 220 g/mol. The Morgan fingerprint density at radius 1 is 1.47 bits per heavy atom. The van der Waals surface area contributed by atoms with E-state index in [0.717, 1.165) is 12.1 Å². The molecule has 1 aromatic rings. The Kier molecular flexibility index (Phi) is 4.84. The molecule has 2 N–H and O–H groups in total. The summed E-state index contributed by atoms with van der Waals surface area (Å²) in [5.74, 6) is 0. The smallest absolute Gasteiger partial charge is 0.171 e. The molecule has 1 rings (SSSR count). The molecule has 1 aromatic carbocycles.